The van der Waals surface area contributed by atoms with Gasteiger partial charge in [0.1, 0.15) is 17.5 Å². The lowest BCUT2D eigenvalue weighted by atomic mass is 10.3. The number of aliphatic hydroxyl groups is 1. The van der Waals surface area contributed by atoms with E-state index in [2.05, 4.69) is 20.6 Å². The molecule has 1 aromatic heterocycles. The minimum absolute atomic E-state index is 0.00577. The zero-order valence-electron chi connectivity index (χ0n) is 10.5. The molecule has 0 fully saturated rings. The monoisotopic (exact) mass is 240 g/mol. The maximum atomic E-state index is 9.17. The van der Waals surface area contributed by atoms with Crippen molar-refractivity contribution in [3.05, 3.63) is 11.9 Å². The molecule has 0 aromatic carbocycles. The third-order valence-electron chi connectivity index (χ3n) is 2.29. The molecular formula is C11H20N4O2. The highest BCUT2D eigenvalue weighted by molar-refractivity contribution is 5.47. The zero-order chi connectivity index (χ0) is 12.7. The number of ether oxygens (including phenoxy) is 1. The highest BCUT2D eigenvalue weighted by Crippen LogP contribution is 2.12. The van der Waals surface area contributed by atoms with Crippen molar-refractivity contribution in [2.45, 2.75) is 19.4 Å². The van der Waals surface area contributed by atoms with Crippen LogP contribution in [0.25, 0.3) is 0 Å². The highest BCUT2D eigenvalue weighted by Gasteiger charge is 2.09. The third kappa shape index (κ3) is 4.16. The van der Waals surface area contributed by atoms with Crippen LogP contribution in [-0.4, -0.2) is 48.5 Å². The number of rotatable bonds is 7. The maximum Gasteiger partial charge on any atom is 0.132 e. The fourth-order valence-corrected chi connectivity index (χ4v) is 1.41. The molecule has 1 heterocycles. The largest absolute Gasteiger partial charge is 0.394 e. The summed E-state index contributed by atoms with van der Waals surface area (Å²) in [5, 5.41) is 15.3. The SMILES string of the molecule is CCc1nc(NC)cc(NC(CO)COC)n1. The lowest BCUT2D eigenvalue weighted by Crippen LogP contribution is -2.29. The molecule has 1 unspecified atom stereocenters. The number of methoxy groups -OCH3 is 1. The number of aryl methyl sites for hydroxylation is 1. The van der Waals surface area contributed by atoms with Gasteiger partial charge < -0.3 is 20.5 Å². The average molecular weight is 240 g/mol. The van der Waals surface area contributed by atoms with Crippen LogP contribution in [0.5, 0.6) is 0 Å². The minimum atomic E-state index is -0.163. The molecule has 17 heavy (non-hydrogen) atoms. The van der Waals surface area contributed by atoms with Crippen LogP contribution in [0, 0.1) is 0 Å². The van der Waals surface area contributed by atoms with Crippen molar-refractivity contribution in [1.29, 1.82) is 0 Å². The lowest BCUT2D eigenvalue weighted by molar-refractivity contribution is 0.153. The molecule has 1 aromatic rings. The number of anilines is 2. The van der Waals surface area contributed by atoms with Gasteiger partial charge in [0.05, 0.1) is 19.3 Å². The van der Waals surface area contributed by atoms with E-state index in [0.717, 1.165) is 18.1 Å². The van der Waals surface area contributed by atoms with Crippen LogP contribution < -0.4 is 10.6 Å². The topological polar surface area (TPSA) is 79.3 Å². The Kier molecular flexibility index (Phi) is 5.65. The van der Waals surface area contributed by atoms with Crippen molar-refractivity contribution in [1.82, 2.24) is 9.97 Å². The minimum Gasteiger partial charge on any atom is -0.394 e. The second-order valence-corrected chi connectivity index (χ2v) is 3.64. The molecule has 0 aliphatic carbocycles. The Morgan fingerprint density at radius 2 is 2.12 bits per heavy atom. The summed E-state index contributed by atoms with van der Waals surface area (Å²) < 4.78 is 5.00. The van der Waals surface area contributed by atoms with E-state index in [1.807, 2.05) is 14.0 Å². The average Bonchev–Trinajstić information content (AvgIpc) is 2.37. The second kappa shape index (κ2) is 7.03. The molecule has 0 spiro atoms. The van der Waals surface area contributed by atoms with Crippen molar-refractivity contribution >= 4 is 11.6 Å². The summed E-state index contributed by atoms with van der Waals surface area (Å²) in [4.78, 5) is 8.63. The van der Waals surface area contributed by atoms with E-state index in [0.29, 0.717) is 12.4 Å². The quantitative estimate of drug-likeness (QED) is 0.644. The normalized spacial score (nSPS) is 12.2. The van der Waals surface area contributed by atoms with E-state index < -0.39 is 0 Å². The highest BCUT2D eigenvalue weighted by atomic mass is 16.5. The summed E-state index contributed by atoms with van der Waals surface area (Å²) in [6, 6.07) is 1.64. The van der Waals surface area contributed by atoms with Gasteiger partial charge in [0.25, 0.3) is 0 Å². The third-order valence-corrected chi connectivity index (χ3v) is 2.29. The Morgan fingerprint density at radius 3 is 2.65 bits per heavy atom. The first-order chi connectivity index (χ1) is 8.23. The van der Waals surface area contributed by atoms with Crippen LogP contribution in [0.2, 0.25) is 0 Å². The van der Waals surface area contributed by atoms with E-state index >= 15 is 0 Å². The number of nitrogens with one attached hydrogen (secondary N) is 2. The Morgan fingerprint density at radius 1 is 1.41 bits per heavy atom. The molecule has 6 heteroatoms. The standard InChI is InChI=1S/C11H20N4O2/c1-4-9-14-10(12-2)5-11(15-9)13-8(6-16)7-17-3/h5,8,16H,4,6-7H2,1-3H3,(H2,12,13,14,15). The predicted molar refractivity (Wildman–Crippen MR) is 67.3 cm³/mol. The Hall–Kier alpha value is -1.40. The second-order valence-electron chi connectivity index (χ2n) is 3.64. The molecule has 0 saturated carbocycles. The lowest BCUT2D eigenvalue weighted by Gasteiger charge is -2.16. The first-order valence-corrected chi connectivity index (χ1v) is 5.65. The van der Waals surface area contributed by atoms with Crippen molar-refractivity contribution in [3.63, 3.8) is 0 Å². The molecule has 0 aliphatic heterocycles. The van der Waals surface area contributed by atoms with Crippen LogP contribution >= 0.6 is 0 Å². The molecule has 0 amide bonds. The van der Waals surface area contributed by atoms with Gasteiger partial charge in [-0.15, -0.1) is 0 Å². The fourth-order valence-electron chi connectivity index (χ4n) is 1.41. The molecule has 1 rings (SSSR count). The summed E-state index contributed by atoms with van der Waals surface area (Å²) >= 11 is 0. The molecule has 0 radical (unpaired) electrons. The molecule has 0 bridgehead atoms. The Labute approximate surface area is 101 Å². The Balaban J connectivity index is 2.81. The van der Waals surface area contributed by atoms with Crippen LogP contribution in [0.4, 0.5) is 11.6 Å². The fraction of sp³-hybridized carbons (Fsp3) is 0.636. The number of hydrogen-bond donors (Lipinski definition) is 3. The van der Waals surface area contributed by atoms with Gasteiger partial charge in [0.15, 0.2) is 0 Å². The zero-order valence-corrected chi connectivity index (χ0v) is 10.5. The molecule has 0 saturated heterocycles. The van der Waals surface area contributed by atoms with Gasteiger partial charge in [0.2, 0.25) is 0 Å². The molecular weight excluding hydrogens is 220 g/mol. The summed E-state index contributed by atoms with van der Waals surface area (Å²) in [6.45, 7) is 2.42. The van der Waals surface area contributed by atoms with E-state index in [-0.39, 0.29) is 12.6 Å². The van der Waals surface area contributed by atoms with Crippen molar-refractivity contribution in [3.8, 4) is 0 Å². The van der Waals surface area contributed by atoms with Crippen LogP contribution in [0.3, 0.4) is 0 Å². The first kappa shape index (κ1) is 13.7. The summed E-state index contributed by atoms with van der Waals surface area (Å²) in [7, 11) is 3.41. The van der Waals surface area contributed by atoms with E-state index in [1.54, 1.807) is 13.2 Å². The van der Waals surface area contributed by atoms with Gasteiger partial charge in [-0.05, 0) is 0 Å². The van der Waals surface area contributed by atoms with Crippen molar-refractivity contribution in [2.75, 3.05) is 38.0 Å². The molecule has 6 nitrogen and oxygen atoms in total. The summed E-state index contributed by atoms with van der Waals surface area (Å²) in [5.74, 6) is 2.21. The summed E-state index contributed by atoms with van der Waals surface area (Å²) in [6.07, 6.45) is 0.762. The maximum absolute atomic E-state index is 9.17. The van der Waals surface area contributed by atoms with Gasteiger partial charge in [-0.25, -0.2) is 9.97 Å². The van der Waals surface area contributed by atoms with Gasteiger partial charge in [-0.3, -0.25) is 0 Å². The first-order valence-electron chi connectivity index (χ1n) is 5.65. The van der Waals surface area contributed by atoms with Crippen LogP contribution in [0.1, 0.15) is 12.7 Å². The number of nitrogens with zero attached hydrogens (tertiary/aromatic N) is 2. The van der Waals surface area contributed by atoms with Gasteiger partial charge >= 0.3 is 0 Å². The number of aliphatic hydroxyl groups excluding tert-OH is 1. The van der Waals surface area contributed by atoms with Crippen molar-refractivity contribution in [2.24, 2.45) is 0 Å². The van der Waals surface area contributed by atoms with Gasteiger partial charge in [-0.1, -0.05) is 6.92 Å². The molecule has 0 aliphatic rings. The van der Waals surface area contributed by atoms with Crippen LogP contribution in [0.15, 0.2) is 6.07 Å². The predicted octanol–water partition coefficient (Wildman–Crippen LogP) is 0.500. The molecule has 3 N–H and O–H groups in total. The Bertz CT molecular complexity index is 324. The van der Waals surface area contributed by atoms with E-state index in [1.165, 1.54) is 0 Å². The number of aromatic nitrogens is 2. The molecule has 96 valence electrons. The van der Waals surface area contributed by atoms with E-state index in [4.69, 9.17) is 9.84 Å². The van der Waals surface area contributed by atoms with Gasteiger partial charge in [-0.2, -0.15) is 0 Å². The van der Waals surface area contributed by atoms with Crippen LogP contribution in [-0.2, 0) is 11.2 Å². The van der Waals surface area contributed by atoms with Crippen molar-refractivity contribution < 1.29 is 9.84 Å². The molecule has 1 atom stereocenters. The smallest absolute Gasteiger partial charge is 0.132 e. The van der Waals surface area contributed by atoms with E-state index in [9.17, 15) is 0 Å². The number of hydrogen-bond acceptors (Lipinski definition) is 6. The summed E-state index contributed by atoms with van der Waals surface area (Å²) in [5.41, 5.74) is 0. The van der Waals surface area contributed by atoms with Gasteiger partial charge in [0, 0.05) is 26.6 Å².